The van der Waals surface area contributed by atoms with Gasteiger partial charge in [0.25, 0.3) is 17.7 Å². The number of fused-ring (bicyclic) bond motifs is 3. The second-order valence-corrected chi connectivity index (χ2v) is 15.0. The number of thiophene rings is 1. The molecule has 0 aliphatic carbocycles. The Labute approximate surface area is 305 Å². The van der Waals surface area contributed by atoms with Crippen molar-refractivity contribution in [1.82, 2.24) is 4.98 Å². The van der Waals surface area contributed by atoms with Crippen LogP contribution in [0.5, 0.6) is 0 Å². The van der Waals surface area contributed by atoms with Gasteiger partial charge in [-0.25, -0.2) is 9.37 Å². The van der Waals surface area contributed by atoms with Crippen molar-refractivity contribution in [3.8, 4) is 10.4 Å². The number of hydrogen-bond acceptors (Lipinski definition) is 7. The molecular weight excluding hydrogens is 678 g/mol. The fraction of sp³-hybridized carbons (Fsp3) is 0.268. The number of hydrogen-bond donors (Lipinski definition) is 2. The number of nitrogens with zero attached hydrogens (tertiary/aromatic N) is 3. The van der Waals surface area contributed by atoms with Crippen LogP contribution in [0.25, 0.3) is 10.4 Å². The number of benzene rings is 3. The lowest BCUT2D eigenvalue weighted by Crippen LogP contribution is -2.59. The average molecular weight is 716 g/mol. The highest BCUT2D eigenvalue weighted by Crippen LogP contribution is 2.44. The Morgan fingerprint density at radius 2 is 1.69 bits per heavy atom. The number of aryl methyl sites for hydroxylation is 2. The standard InChI is InChI=1S/C41H38FN5O4S/c1-25-8-13-30-33(21-25)47(18-14-28-22-34(52-36(28)30)39(49)45-35-26(2)5-3-7-32(35)42)40(50)27-9-11-29(12-10-27)44-38(48)31-6-4-17-43-37(31)46-23-41(24-46)15-19-51-20-16-41/h3-13,17,21-22H,14-16,18-20,23-24H2,1-2H3,(H,44,48)(H,45,49). The second-order valence-electron chi connectivity index (χ2n) is 14.0. The molecule has 9 nitrogen and oxygen atoms in total. The molecule has 8 rings (SSSR count). The van der Waals surface area contributed by atoms with E-state index in [1.54, 1.807) is 66.6 Å². The van der Waals surface area contributed by atoms with Gasteiger partial charge >= 0.3 is 0 Å². The molecule has 2 N–H and O–H groups in total. The third kappa shape index (κ3) is 6.35. The number of pyridine rings is 1. The quantitative estimate of drug-likeness (QED) is 0.185. The van der Waals surface area contributed by atoms with Crippen LogP contribution in [-0.4, -0.2) is 55.6 Å². The Bertz CT molecular complexity index is 2180. The van der Waals surface area contributed by atoms with Gasteiger partial charge in [0, 0.05) is 66.2 Å². The minimum Gasteiger partial charge on any atom is -0.381 e. The van der Waals surface area contributed by atoms with Crippen LogP contribution >= 0.6 is 11.3 Å². The van der Waals surface area contributed by atoms with E-state index in [9.17, 15) is 18.8 Å². The number of anilines is 4. The number of rotatable bonds is 6. The van der Waals surface area contributed by atoms with Crippen molar-refractivity contribution in [3.05, 3.63) is 124 Å². The summed E-state index contributed by atoms with van der Waals surface area (Å²) in [5.74, 6) is -0.591. The molecule has 2 aromatic heterocycles. The van der Waals surface area contributed by atoms with Crippen LogP contribution in [0.2, 0.25) is 0 Å². The van der Waals surface area contributed by atoms with E-state index in [4.69, 9.17) is 4.74 Å². The van der Waals surface area contributed by atoms with Gasteiger partial charge in [-0.3, -0.25) is 14.4 Å². The fourth-order valence-corrected chi connectivity index (χ4v) is 8.59. The molecule has 0 saturated carbocycles. The molecule has 5 heterocycles. The Balaban J connectivity index is 0.984. The van der Waals surface area contributed by atoms with E-state index in [1.165, 1.54) is 17.4 Å². The summed E-state index contributed by atoms with van der Waals surface area (Å²) in [5.41, 5.74) is 6.21. The first kappa shape index (κ1) is 33.7. The molecule has 0 unspecified atom stereocenters. The Kier molecular flexibility index (Phi) is 8.84. The maximum Gasteiger partial charge on any atom is 0.265 e. The third-order valence-electron chi connectivity index (χ3n) is 10.4. The first-order valence-corrected chi connectivity index (χ1v) is 18.3. The molecule has 0 radical (unpaired) electrons. The lowest BCUT2D eigenvalue weighted by Gasteiger charge is -2.53. The normalized spacial score (nSPS) is 16.0. The van der Waals surface area contributed by atoms with E-state index < -0.39 is 5.82 Å². The lowest BCUT2D eigenvalue weighted by atomic mass is 9.73. The summed E-state index contributed by atoms with van der Waals surface area (Å²) >= 11 is 1.34. The van der Waals surface area contributed by atoms with Crippen molar-refractivity contribution in [3.63, 3.8) is 0 Å². The van der Waals surface area contributed by atoms with Crippen molar-refractivity contribution in [2.24, 2.45) is 5.41 Å². The van der Waals surface area contributed by atoms with Crippen molar-refractivity contribution >= 4 is 51.9 Å². The van der Waals surface area contributed by atoms with E-state index in [0.717, 1.165) is 66.4 Å². The fourth-order valence-electron chi connectivity index (χ4n) is 7.45. The zero-order valence-electron chi connectivity index (χ0n) is 29.0. The lowest BCUT2D eigenvalue weighted by molar-refractivity contribution is -0.000510. The topological polar surface area (TPSA) is 104 Å². The number of carbonyl (C=O) groups excluding carboxylic acids is 3. The van der Waals surface area contributed by atoms with E-state index in [1.807, 2.05) is 31.2 Å². The molecule has 5 aromatic rings. The van der Waals surface area contributed by atoms with Gasteiger partial charge in [0.1, 0.15) is 11.6 Å². The predicted molar refractivity (Wildman–Crippen MR) is 202 cm³/mol. The number of amides is 3. The summed E-state index contributed by atoms with van der Waals surface area (Å²) in [6.45, 7) is 7.42. The average Bonchev–Trinajstić information content (AvgIpc) is 3.51. The maximum atomic E-state index is 14.5. The molecule has 11 heteroatoms. The largest absolute Gasteiger partial charge is 0.381 e. The predicted octanol–water partition coefficient (Wildman–Crippen LogP) is 7.89. The van der Waals surface area contributed by atoms with Gasteiger partial charge in [-0.1, -0.05) is 24.3 Å². The van der Waals surface area contributed by atoms with Crippen LogP contribution < -0.4 is 20.4 Å². The number of ether oxygens (including phenoxy) is 1. The number of para-hydroxylation sites is 1. The van der Waals surface area contributed by atoms with Crippen LogP contribution in [0.1, 0.15) is 59.9 Å². The molecule has 264 valence electrons. The van der Waals surface area contributed by atoms with Crippen molar-refractivity contribution in [2.45, 2.75) is 33.1 Å². The van der Waals surface area contributed by atoms with Gasteiger partial charge in [0.15, 0.2) is 0 Å². The molecule has 3 aliphatic heterocycles. The summed E-state index contributed by atoms with van der Waals surface area (Å²) in [6, 6.07) is 23.0. The van der Waals surface area contributed by atoms with Gasteiger partial charge in [-0.2, -0.15) is 0 Å². The molecule has 1 spiro atoms. The highest BCUT2D eigenvalue weighted by molar-refractivity contribution is 7.17. The number of carbonyl (C=O) groups is 3. The number of aromatic nitrogens is 1. The van der Waals surface area contributed by atoms with Gasteiger partial charge in [0.05, 0.1) is 21.8 Å². The van der Waals surface area contributed by atoms with Crippen molar-refractivity contribution in [2.75, 3.05) is 53.3 Å². The number of halogens is 1. The van der Waals surface area contributed by atoms with Crippen LogP contribution in [-0.2, 0) is 11.2 Å². The van der Waals surface area contributed by atoms with Crippen molar-refractivity contribution < 1.29 is 23.5 Å². The third-order valence-corrected chi connectivity index (χ3v) is 11.6. The molecule has 52 heavy (non-hydrogen) atoms. The maximum absolute atomic E-state index is 14.5. The van der Waals surface area contributed by atoms with E-state index in [0.29, 0.717) is 46.0 Å². The zero-order chi connectivity index (χ0) is 36.0. The number of nitrogens with one attached hydrogen (secondary N) is 2. The summed E-state index contributed by atoms with van der Waals surface area (Å²) in [5, 5.41) is 5.74. The monoisotopic (exact) mass is 715 g/mol. The van der Waals surface area contributed by atoms with E-state index in [-0.39, 0.29) is 28.8 Å². The van der Waals surface area contributed by atoms with Crippen LogP contribution in [0, 0.1) is 25.1 Å². The van der Waals surface area contributed by atoms with Crippen LogP contribution in [0.4, 0.5) is 27.3 Å². The summed E-state index contributed by atoms with van der Waals surface area (Å²) in [7, 11) is 0. The first-order chi connectivity index (χ1) is 25.2. The Hall–Kier alpha value is -5.39. The van der Waals surface area contributed by atoms with E-state index >= 15 is 0 Å². The summed E-state index contributed by atoms with van der Waals surface area (Å²) in [6.07, 6.45) is 4.30. The SMILES string of the molecule is Cc1ccc2c(c1)N(C(=O)c1ccc(NC(=O)c3cccnc3N3CC4(CCOCC4)C3)cc1)CCc1cc(C(=O)Nc3c(C)cccc3F)sc1-2. The minimum atomic E-state index is -0.481. The molecule has 3 aliphatic rings. The van der Waals surface area contributed by atoms with Gasteiger partial charge < -0.3 is 25.2 Å². The minimum absolute atomic E-state index is 0.165. The van der Waals surface area contributed by atoms with Crippen molar-refractivity contribution in [1.29, 1.82) is 0 Å². The van der Waals surface area contributed by atoms with Gasteiger partial charge in [-0.05, 0) is 104 Å². The zero-order valence-corrected chi connectivity index (χ0v) is 29.8. The summed E-state index contributed by atoms with van der Waals surface area (Å²) < 4.78 is 20.0. The Morgan fingerprint density at radius 3 is 2.46 bits per heavy atom. The molecule has 2 fully saturated rings. The molecular formula is C41H38FN5O4S. The second kappa shape index (κ2) is 13.6. The first-order valence-electron chi connectivity index (χ1n) is 17.5. The van der Waals surface area contributed by atoms with Gasteiger partial charge in [-0.15, -0.1) is 11.3 Å². The van der Waals surface area contributed by atoms with Gasteiger partial charge in [0.2, 0.25) is 0 Å². The summed E-state index contributed by atoms with van der Waals surface area (Å²) in [4.78, 5) is 50.8. The highest BCUT2D eigenvalue weighted by Gasteiger charge is 2.45. The van der Waals surface area contributed by atoms with Crippen LogP contribution in [0.15, 0.2) is 85.1 Å². The molecule has 2 saturated heterocycles. The smallest absolute Gasteiger partial charge is 0.265 e. The Morgan fingerprint density at radius 1 is 0.904 bits per heavy atom. The molecule has 3 amide bonds. The molecule has 0 bridgehead atoms. The molecule has 0 atom stereocenters. The molecule has 3 aromatic carbocycles. The van der Waals surface area contributed by atoms with Crippen LogP contribution in [0.3, 0.4) is 0 Å². The van der Waals surface area contributed by atoms with E-state index in [2.05, 4.69) is 20.5 Å². The highest BCUT2D eigenvalue weighted by atomic mass is 32.1.